The summed E-state index contributed by atoms with van der Waals surface area (Å²) in [5, 5.41) is 51.8. The Morgan fingerprint density at radius 3 is 0.812 bits per heavy atom. The van der Waals surface area contributed by atoms with Gasteiger partial charge in [0.25, 0.3) is 0 Å². The molecule has 0 aliphatic heterocycles. The molecule has 0 fully saturated rings. The number of nitrogens with zero attached hydrogens (tertiary/aromatic N) is 3. The molecule has 0 atom stereocenters. The number of hydrogen-bond donors (Lipinski definition) is 1. The minimum Gasteiger partial charge on any atom is -0.397 e. The minimum absolute atomic E-state index is 0. The maximum Gasteiger partial charge on any atom is 3.00 e. The van der Waals surface area contributed by atoms with Gasteiger partial charge in [-0.25, -0.2) is 0 Å². The minimum atomic E-state index is -1.75. The molecule has 0 amide bonds. The molecule has 0 spiro atoms. The van der Waals surface area contributed by atoms with Crippen molar-refractivity contribution in [2.75, 3.05) is 6.61 Å². The molecule has 16 heavy (non-hydrogen) atoms. The summed E-state index contributed by atoms with van der Waals surface area (Å²) in [6.45, 7) is 1.93. The van der Waals surface area contributed by atoms with Crippen molar-refractivity contribution < 1.29 is 56.0 Å². The molecule has 0 unspecified atom stereocenters. The molecule has 0 aromatic carbocycles. The molecule has 0 aliphatic carbocycles. The second-order valence-corrected chi connectivity index (χ2v) is 0.987. The molecule has 1 N–H and O–H groups in total. The van der Waals surface area contributed by atoms with Gasteiger partial charge in [0.15, 0.2) is 0 Å². The first-order chi connectivity index (χ1) is 6.61. The predicted octanol–water partition coefficient (Wildman–Crippen LogP) is -0.719. The Bertz CT molecular complexity index is 133. The van der Waals surface area contributed by atoms with Crippen LogP contribution in [0.4, 0.5) is 0 Å². The van der Waals surface area contributed by atoms with Crippen molar-refractivity contribution >= 4 is 0 Å². The van der Waals surface area contributed by atoms with Crippen molar-refractivity contribution in [2.45, 2.75) is 6.92 Å². The summed E-state index contributed by atoms with van der Waals surface area (Å²) in [6.07, 6.45) is 0. The molecule has 13 nitrogen and oxygen atoms in total. The molecule has 0 aromatic heterocycles. The fourth-order valence-electron chi connectivity index (χ4n) is 0. The molecule has 0 heterocycles. The number of aliphatic hydroxyl groups is 1. The van der Waals surface area contributed by atoms with Crippen LogP contribution in [0.5, 0.6) is 0 Å². The molecule has 14 heteroatoms. The van der Waals surface area contributed by atoms with Gasteiger partial charge in [0.1, 0.15) is 0 Å². The van der Waals surface area contributed by atoms with Gasteiger partial charge in [-0.15, -0.1) is 0 Å². The summed E-state index contributed by atoms with van der Waals surface area (Å²) >= 11 is 0. The van der Waals surface area contributed by atoms with Crippen LogP contribution >= 0.6 is 0 Å². The zero-order valence-electron chi connectivity index (χ0n) is 7.75. The standard InChI is InChI=1S/C2H6O.La.3NO3/c1-2-3;;3*2-1(3)4/h3H,2H2,1H3;;;;/q;+3;3*-1. The third-order valence-electron chi connectivity index (χ3n) is 0. The second-order valence-electron chi connectivity index (χ2n) is 0.987. The van der Waals surface area contributed by atoms with Crippen molar-refractivity contribution in [3.8, 4) is 0 Å². The van der Waals surface area contributed by atoms with Gasteiger partial charge in [-0.3, -0.25) is 0 Å². The van der Waals surface area contributed by atoms with Crippen molar-refractivity contribution in [3.63, 3.8) is 0 Å². The van der Waals surface area contributed by atoms with E-state index in [0.29, 0.717) is 0 Å². The van der Waals surface area contributed by atoms with E-state index in [2.05, 4.69) is 0 Å². The van der Waals surface area contributed by atoms with E-state index in [0.717, 1.165) is 0 Å². The smallest absolute Gasteiger partial charge is 0.397 e. The molecular weight excluding hydrogens is 365 g/mol. The van der Waals surface area contributed by atoms with Gasteiger partial charge >= 0.3 is 35.6 Å². The van der Waals surface area contributed by atoms with E-state index >= 15 is 0 Å². The summed E-state index contributed by atoms with van der Waals surface area (Å²) in [7, 11) is 0. The van der Waals surface area contributed by atoms with Crippen molar-refractivity contribution in [1.29, 1.82) is 0 Å². The first-order valence-corrected chi connectivity index (χ1v) is 2.67. The van der Waals surface area contributed by atoms with Gasteiger partial charge in [0, 0.05) is 6.61 Å². The first-order valence-electron chi connectivity index (χ1n) is 2.67. The van der Waals surface area contributed by atoms with Gasteiger partial charge in [0.2, 0.25) is 0 Å². The van der Waals surface area contributed by atoms with Crippen LogP contribution in [0, 0.1) is 81.6 Å². The quantitative estimate of drug-likeness (QED) is 0.416. The van der Waals surface area contributed by atoms with E-state index < -0.39 is 15.3 Å². The molecule has 0 saturated heterocycles. The third-order valence-corrected chi connectivity index (χ3v) is 0. The molecule has 0 radical (unpaired) electrons. The summed E-state index contributed by atoms with van der Waals surface area (Å²) < 4.78 is 0. The normalized spacial score (nSPS) is 5.62. The van der Waals surface area contributed by atoms with Crippen molar-refractivity contribution in [2.24, 2.45) is 0 Å². The number of rotatable bonds is 0. The zero-order valence-corrected chi connectivity index (χ0v) is 11.4. The van der Waals surface area contributed by atoms with Crippen molar-refractivity contribution in [1.82, 2.24) is 0 Å². The van der Waals surface area contributed by atoms with Crippen LogP contribution in [0.25, 0.3) is 0 Å². The van der Waals surface area contributed by atoms with Gasteiger partial charge in [-0.05, 0) is 6.92 Å². The van der Waals surface area contributed by atoms with Gasteiger partial charge in [-0.1, -0.05) is 0 Å². The summed E-state index contributed by atoms with van der Waals surface area (Å²) in [5.74, 6) is 0. The van der Waals surface area contributed by atoms with Crippen LogP contribution in [-0.4, -0.2) is 27.0 Å². The van der Waals surface area contributed by atoms with E-state index in [9.17, 15) is 0 Å². The van der Waals surface area contributed by atoms with Crippen LogP contribution in [-0.2, 0) is 0 Å². The number of hydrogen-bond acceptors (Lipinski definition) is 10. The van der Waals surface area contributed by atoms with Crippen LogP contribution in [0.2, 0.25) is 0 Å². The van der Waals surface area contributed by atoms with Crippen LogP contribution < -0.4 is 0 Å². The van der Waals surface area contributed by atoms with E-state index in [4.69, 9.17) is 51.1 Å². The topological polar surface area (TPSA) is 219 Å². The number of aliphatic hydroxyl groups excluding tert-OH is 1. The fourth-order valence-corrected chi connectivity index (χ4v) is 0. The van der Waals surface area contributed by atoms with E-state index in [1.807, 2.05) is 0 Å². The Hall–Kier alpha value is -1.25. The zero-order chi connectivity index (χ0) is 13.4. The van der Waals surface area contributed by atoms with Gasteiger partial charge in [0.05, 0.1) is 15.3 Å². The van der Waals surface area contributed by atoms with Crippen LogP contribution in [0.15, 0.2) is 0 Å². The Labute approximate surface area is 115 Å². The molecule has 0 bridgehead atoms. The first kappa shape index (κ1) is 29.3. The Morgan fingerprint density at radius 1 is 0.812 bits per heavy atom. The molecule has 0 saturated carbocycles. The average Bonchev–Trinajstić information content (AvgIpc) is 1.81. The largest absolute Gasteiger partial charge is 3.00 e. The average molecular weight is 371 g/mol. The van der Waals surface area contributed by atoms with E-state index in [-0.39, 0.29) is 42.2 Å². The third kappa shape index (κ3) is 1140. The maximum absolute atomic E-state index is 8.25. The summed E-state index contributed by atoms with van der Waals surface area (Å²) in [5.41, 5.74) is 0. The summed E-state index contributed by atoms with van der Waals surface area (Å²) in [6, 6.07) is 0. The molecule has 92 valence electrons. The molecule has 0 aromatic rings. The van der Waals surface area contributed by atoms with Gasteiger partial charge in [-0.2, -0.15) is 0 Å². The Kier molecular flexibility index (Phi) is 53.5. The van der Waals surface area contributed by atoms with Crippen LogP contribution in [0.1, 0.15) is 6.92 Å². The molecular formula is C2H6LaN3O10. The van der Waals surface area contributed by atoms with Crippen molar-refractivity contribution in [3.05, 3.63) is 46.0 Å². The van der Waals surface area contributed by atoms with Crippen LogP contribution in [0.3, 0.4) is 0 Å². The monoisotopic (exact) mass is 371 g/mol. The van der Waals surface area contributed by atoms with Gasteiger partial charge < -0.3 is 51.1 Å². The SMILES string of the molecule is CCO.O=[N+]([O-])[O-].O=[N+]([O-])[O-].O=[N+]([O-])[O-].[La+3]. The second kappa shape index (κ2) is 29.2. The molecule has 0 rings (SSSR count). The predicted molar refractivity (Wildman–Crippen MR) is 43.8 cm³/mol. The Balaban J connectivity index is -0.0000000331. The maximum atomic E-state index is 8.25. The summed E-state index contributed by atoms with van der Waals surface area (Å²) in [4.78, 5) is 24.8. The van der Waals surface area contributed by atoms with E-state index in [1.54, 1.807) is 6.92 Å². The fraction of sp³-hybridized carbons (Fsp3) is 1.00. The van der Waals surface area contributed by atoms with E-state index in [1.165, 1.54) is 0 Å². The molecule has 0 aliphatic rings. The Morgan fingerprint density at radius 2 is 0.812 bits per heavy atom.